The number of aromatic nitrogens is 3. The number of hydrazone groups is 1. The number of halogens is 1. The van der Waals surface area contributed by atoms with Gasteiger partial charge in [0, 0.05) is 16.3 Å². The van der Waals surface area contributed by atoms with Crippen LogP contribution in [0.4, 0.5) is 0 Å². The lowest BCUT2D eigenvalue weighted by Crippen LogP contribution is -2.20. The number of nitrogens with one attached hydrogen (secondary N) is 1. The average Bonchev–Trinajstić information content (AvgIpc) is 3.28. The van der Waals surface area contributed by atoms with Crippen molar-refractivity contribution in [3.05, 3.63) is 89.4 Å². The van der Waals surface area contributed by atoms with Crippen LogP contribution in [0, 0.1) is 0 Å². The van der Waals surface area contributed by atoms with Crippen LogP contribution in [0.5, 0.6) is 5.75 Å². The third-order valence-electron chi connectivity index (χ3n) is 4.60. The third kappa shape index (κ3) is 5.79. The highest BCUT2D eigenvalue weighted by Crippen LogP contribution is 2.28. The van der Waals surface area contributed by atoms with Crippen molar-refractivity contribution in [2.75, 3.05) is 12.9 Å². The molecule has 166 valence electrons. The number of benzene rings is 3. The minimum absolute atomic E-state index is 0.130. The second-order valence-electron chi connectivity index (χ2n) is 6.84. The Hall–Kier alpha value is -3.62. The number of carbonyl (C=O) groups excluding carboxylic acids is 1. The predicted octanol–water partition coefficient (Wildman–Crippen LogP) is 4.84. The molecule has 1 amide bonds. The molecule has 4 rings (SSSR count). The second-order valence-corrected chi connectivity index (χ2v) is 8.22. The predicted molar refractivity (Wildman–Crippen MR) is 131 cm³/mol. The van der Waals surface area contributed by atoms with Crippen LogP contribution in [0.15, 0.2) is 89.1 Å². The van der Waals surface area contributed by atoms with Crippen molar-refractivity contribution >= 4 is 35.5 Å². The van der Waals surface area contributed by atoms with E-state index in [1.165, 1.54) is 11.8 Å². The zero-order chi connectivity index (χ0) is 23.0. The lowest BCUT2D eigenvalue weighted by atomic mass is 10.2. The largest absolute Gasteiger partial charge is 0.497 e. The third-order valence-corrected chi connectivity index (χ3v) is 5.78. The van der Waals surface area contributed by atoms with Gasteiger partial charge in [0.25, 0.3) is 5.91 Å². The van der Waals surface area contributed by atoms with E-state index in [0.29, 0.717) is 16.0 Å². The van der Waals surface area contributed by atoms with Gasteiger partial charge in [0.05, 0.1) is 19.1 Å². The summed E-state index contributed by atoms with van der Waals surface area (Å²) in [5.74, 6) is 1.30. The van der Waals surface area contributed by atoms with Gasteiger partial charge in [0.1, 0.15) is 5.75 Å². The maximum absolute atomic E-state index is 12.3. The quantitative estimate of drug-likeness (QED) is 0.223. The van der Waals surface area contributed by atoms with Crippen LogP contribution >= 0.6 is 23.4 Å². The van der Waals surface area contributed by atoms with Crippen LogP contribution in [0.3, 0.4) is 0 Å². The molecule has 0 bridgehead atoms. The highest BCUT2D eigenvalue weighted by molar-refractivity contribution is 7.99. The number of ether oxygens (including phenoxy) is 1. The van der Waals surface area contributed by atoms with Crippen LogP contribution in [0.25, 0.3) is 17.1 Å². The molecule has 0 atom stereocenters. The minimum Gasteiger partial charge on any atom is -0.497 e. The average molecular weight is 478 g/mol. The molecule has 0 aliphatic carbocycles. The molecule has 1 N–H and O–H groups in total. The number of hydrogen-bond acceptors (Lipinski definition) is 6. The maximum Gasteiger partial charge on any atom is 0.250 e. The van der Waals surface area contributed by atoms with E-state index in [1.54, 1.807) is 13.3 Å². The molecule has 4 aromatic rings. The normalized spacial score (nSPS) is 11.0. The first-order valence-electron chi connectivity index (χ1n) is 9.99. The Morgan fingerprint density at radius 2 is 1.79 bits per heavy atom. The van der Waals surface area contributed by atoms with Crippen LogP contribution in [0.2, 0.25) is 5.02 Å². The highest BCUT2D eigenvalue weighted by atomic mass is 35.5. The molecule has 0 saturated heterocycles. The molecule has 0 spiro atoms. The summed E-state index contributed by atoms with van der Waals surface area (Å²) in [6, 6.07) is 24.5. The molecular weight excluding hydrogens is 458 g/mol. The number of hydrogen-bond donors (Lipinski definition) is 1. The molecule has 9 heteroatoms. The Labute approximate surface area is 200 Å². The summed E-state index contributed by atoms with van der Waals surface area (Å²) < 4.78 is 7.05. The van der Waals surface area contributed by atoms with E-state index in [2.05, 4.69) is 20.7 Å². The number of para-hydroxylation sites is 1. The van der Waals surface area contributed by atoms with E-state index in [4.69, 9.17) is 16.3 Å². The summed E-state index contributed by atoms with van der Waals surface area (Å²) in [7, 11) is 1.61. The first-order chi connectivity index (χ1) is 16.1. The molecule has 0 radical (unpaired) electrons. The fourth-order valence-corrected chi connectivity index (χ4v) is 3.86. The van der Waals surface area contributed by atoms with E-state index in [-0.39, 0.29) is 11.7 Å². The summed E-state index contributed by atoms with van der Waals surface area (Å²) >= 11 is 7.31. The van der Waals surface area contributed by atoms with Crippen LogP contribution in [0.1, 0.15) is 5.56 Å². The van der Waals surface area contributed by atoms with E-state index in [9.17, 15) is 4.79 Å². The Morgan fingerprint density at radius 1 is 1.06 bits per heavy atom. The number of amides is 1. The molecule has 1 aromatic heterocycles. The first kappa shape index (κ1) is 22.6. The van der Waals surface area contributed by atoms with Gasteiger partial charge in [-0.25, -0.2) is 5.43 Å². The molecule has 0 fully saturated rings. The Bertz CT molecular complexity index is 1240. The van der Waals surface area contributed by atoms with Gasteiger partial charge in [0.2, 0.25) is 0 Å². The van der Waals surface area contributed by atoms with Gasteiger partial charge in [-0.1, -0.05) is 41.6 Å². The van der Waals surface area contributed by atoms with Crippen LogP contribution < -0.4 is 10.2 Å². The summed E-state index contributed by atoms with van der Waals surface area (Å²) in [4.78, 5) is 12.3. The zero-order valence-electron chi connectivity index (χ0n) is 17.7. The van der Waals surface area contributed by atoms with Gasteiger partial charge >= 0.3 is 0 Å². The highest BCUT2D eigenvalue weighted by Gasteiger charge is 2.17. The standard InChI is InChI=1S/C24H20ClN5O2S/c1-32-21-13-7-17(8-14-21)15-26-27-22(31)16-33-24-29-28-23(18-9-11-19(25)12-10-18)30(24)20-5-3-2-4-6-20/h2-15H,16H2,1H3,(H,27,31). The molecule has 0 saturated carbocycles. The molecule has 1 heterocycles. The van der Waals surface area contributed by atoms with E-state index < -0.39 is 0 Å². The topological polar surface area (TPSA) is 81.4 Å². The molecular formula is C24H20ClN5O2S. The molecule has 0 unspecified atom stereocenters. The minimum atomic E-state index is -0.250. The van der Waals surface area contributed by atoms with Gasteiger partial charge in [-0.05, 0) is 66.2 Å². The van der Waals surface area contributed by atoms with Crippen LogP contribution in [-0.2, 0) is 4.79 Å². The zero-order valence-corrected chi connectivity index (χ0v) is 19.3. The van der Waals surface area contributed by atoms with Crippen molar-refractivity contribution in [2.24, 2.45) is 5.10 Å². The van der Waals surface area contributed by atoms with Crippen molar-refractivity contribution in [1.29, 1.82) is 0 Å². The Balaban J connectivity index is 1.46. The second kappa shape index (κ2) is 10.8. The van der Waals surface area contributed by atoms with Gasteiger partial charge in [-0.3, -0.25) is 9.36 Å². The number of methoxy groups -OCH3 is 1. The van der Waals surface area contributed by atoms with Crippen molar-refractivity contribution < 1.29 is 9.53 Å². The lowest BCUT2D eigenvalue weighted by molar-refractivity contribution is -0.118. The number of thioether (sulfide) groups is 1. The maximum atomic E-state index is 12.3. The van der Waals surface area contributed by atoms with Crippen molar-refractivity contribution in [3.8, 4) is 22.8 Å². The van der Waals surface area contributed by atoms with Crippen molar-refractivity contribution in [2.45, 2.75) is 5.16 Å². The SMILES string of the molecule is COc1ccc(C=NNC(=O)CSc2nnc(-c3ccc(Cl)cc3)n2-c2ccccc2)cc1. The molecule has 0 aliphatic rings. The van der Waals surface area contributed by atoms with Crippen molar-refractivity contribution in [3.63, 3.8) is 0 Å². The summed E-state index contributed by atoms with van der Waals surface area (Å²) in [5, 5.41) is 13.9. The molecule has 0 aliphatic heterocycles. The summed E-state index contributed by atoms with van der Waals surface area (Å²) in [5.41, 5.74) is 5.16. The van der Waals surface area contributed by atoms with Gasteiger partial charge in [-0.15, -0.1) is 10.2 Å². The monoisotopic (exact) mass is 477 g/mol. The Kier molecular flexibility index (Phi) is 7.39. The molecule has 33 heavy (non-hydrogen) atoms. The van der Waals surface area contributed by atoms with Gasteiger partial charge < -0.3 is 4.74 Å². The van der Waals surface area contributed by atoms with E-state index in [1.807, 2.05) is 83.4 Å². The Morgan fingerprint density at radius 3 is 2.48 bits per heavy atom. The smallest absolute Gasteiger partial charge is 0.250 e. The summed E-state index contributed by atoms with van der Waals surface area (Å²) in [6.45, 7) is 0. The number of rotatable bonds is 8. The van der Waals surface area contributed by atoms with Crippen molar-refractivity contribution in [1.82, 2.24) is 20.2 Å². The fraction of sp³-hybridized carbons (Fsp3) is 0.0833. The van der Waals surface area contributed by atoms with Gasteiger partial charge in [0.15, 0.2) is 11.0 Å². The number of carbonyl (C=O) groups is 1. The molecule has 7 nitrogen and oxygen atoms in total. The lowest BCUT2D eigenvalue weighted by Gasteiger charge is -2.10. The number of nitrogens with zero attached hydrogens (tertiary/aromatic N) is 4. The summed E-state index contributed by atoms with van der Waals surface area (Å²) in [6.07, 6.45) is 1.58. The van der Waals surface area contributed by atoms with Gasteiger partial charge in [-0.2, -0.15) is 5.10 Å². The van der Waals surface area contributed by atoms with Crippen LogP contribution in [-0.4, -0.2) is 39.7 Å². The fourth-order valence-electron chi connectivity index (χ4n) is 2.99. The van der Waals surface area contributed by atoms with E-state index >= 15 is 0 Å². The first-order valence-corrected chi connectivity index (χ1v) is 11.4. The molecule has 3 aromatic carbocycles. The van der Waals surface area contributed by atoms with E-state index in [0.717, 1.165) is 22.6 Å².